The molecular weight excluding hydrogens is 288 g/mol. The first-order valence-electron chi connectivity index (χ1n) is 8.11. The summed E-state index contributed by atoms with van der Waals surface area (Å²) in [5.74, 6) is 0.853. The molecule has 0 bridgehead atoms. The molecule has 4 rings (SSSR count). The van der Waals surface area contributed by atoms with E-state index in [2.05, 4.69) is 38.2 Å². The first-order chi connectivity index (χ1) is 11.3. The van der Waals surface area contributed by atoms with E-state index in [1.54, 1.807) is 12.3 Å². The highest BCUT2D eigenvalue weighted by atomic mass is 15.5. The lowest BCUT2D eigenvalue weighted by Crippen LogP contribution is -2.42. The van der Waals surface area contributed by atoms with E-state index in [0.717, 1.165) is 31.7 Å². The van der Waals surface area contributed by atoms with Crippen molar-refractivity contribution < 1.29 is 0 Å². The molecule has 1 aliphatic carbocycles. The van der Waals surface area contributed by atoms with Crippen LogP contribution < -0.4 is 16.1 Å². The number of hydrogen-bond acceptors (Lipinski definition) is 6. The summed E-state index contributed by atoms with van der Waals surface area (Å²) in [6.07, 6.45) is 9.21. The van der Waals surface area contributed by atoms with Gasteiger partial charge in [-0.15, -0.1) is 0 Å². The predicted molar refractivity (Wildman–Crippen MR) is 88.0 cm³/mol. The number of hydrogen-bond donors (Lipinski definition) is 3. The zero-order chi connectivity index (χ0) is 15.6. The largest absolute Gasteiger partial charge is 0.385 e. The van der Waals surface area contributed by atoms with Gasteiger partial charge in [0.15, 0.2) is 0 Å². The third-order valence-corrected chi connectivity index (χ3v) is 4.79. The Morgan fingerprint density at radius 1 is 1.30 bits per heavy atom. The van der Waals surface area contributed by atoms with E-state index in [1.807, 2.05) is 12.3 Å². The summed E-state index contributed by atoms with van der Waals surface area (Å²) >= 11 is 0. The Morgan fingerprint density at radius 3 is 3.09 bits per heavy atom. The number of rotatable bonds is 3. The Kier molecular flexibility index (Phi) is 3.64. The van der Waals surface area contributed by atoms with Crippen LogP contribution in [0, 0.1) is 11.3 Å². The van der Waals surface area contributed by atoms with Crippen LogP contribution in [0.25, 0.3) is 0 Å². The molecule has 0 saturated heterocycles. The number of anilines is 1. The summed E-state index contributed by atoms with van der Waals surface area (Å²) in [6.45, 7) is 1.84. The van der Waals surface area contributed by atoms with Crippen molar-refractivity contribution in [2.24, 2.45) is 0 Å². The smallest absolute Gasteiger partial charge is 0.126 e. The van der Waals surface area contributed by atoms with Crippen LogP contribution in [0.1, 0.15) is 24.8 Å². The van der Waals surface area contributed by atoms with Crippen LogP contribution in [0.15, 0.2) is 41.9 Å². The molecule has 2 atom stereocenters. The maximum Gasteiger partial charge on any atom is 0.126 e. The molecule has 6 nitrogen and oxygen atoms in total. The van der Waals surface area contributed by atoms with Gasteiger partial charge in [0.05, 0.1) is 17.8 Å². The molecule has 1 aromatic heterocycles. The highest BCUT2D eigenvalue weighted by Gasteiger charge is 2.34. The van der Waals surface area contributed by atoms with Gasteiger partial charge in [0.1, 0.15) is 11.9 Å². The molecule has 0 spiro atoms. The SMILES string of the molecule is N#Cc1ccc(N[C@@H]2CC[C@H](N3NCC4=C3CNC=C4)C2)nc1. The molecule has 0 aromatic carbocycles. The first-order valence-corrected chi connectivity index (χ1v) is 8.11. The number of nitrogens with zero attached hydrogens (tertiary/aromatic N) is 3. The van der Waals surface area contributed by atoms with Gasteiger partial charge in [0.2, 0.25) is 0 Å². The molecule has 2 aliphatic heterocycles. The lowest BCUT2D eigenvalue weighted by atomic mass is 10.1. The standard InChI is InChI=1S/C17H20N6/c18-8-12-1-4-17(20-9-12)22-14-2-3-15(7-14)23-16-11-19-6-5-13(16)10-21-23/h1,4-6,9,14-15,19,21H,2-3,7,10-11H2,(H,20,22)/t14-,15+/m1/s1. The van der Waals surface area contributed by atoms with E-state index in [4.69, 9.17) is 5.26 Å². The van der Waals surface area contributed by atoms with Crippen LogP contribution in [0.4, 0.5) is 5.82 Å². The van der Waals surface area contributed by atoms with E-state index in [9.17, 15) is 0 Å². The Balaban J connectivity index is 1.38. The van der Waals surface area contributed by atoms with Crippen LogP contribution in [-0.4, -0.2) is 35.2 Å². The number of dihydropyridines is 1. The normalized spacial score (nSPS) is 26.0. The van der Waals surface area contributed by atoms with E-state index in [-0.39, 0.29) is 0 Å². The topological polar surface area (TPSA) is 76.0 Å². The molecule has 1 fully saturated rings. The molecule has 118 valence electrons. The van der Waals surface area contributed by atoms with Crippen molar-refractivity contribution in [3.05, 3.63) is 47.4 Å². The summed E-state index contributed by atoms with van der Waals surface area (Å²) in [6, 6.07) is 6.74. The van der Waals surface area contributed by atoms with Crippen molar-refractivity contribution in [2.45, 2.75) is 31.3 Å². The summed E-state index contributed by atoms with van der Waals surface area (Å²) in [7, 11) is 0. The molecule has 6 heteroatoms. The Morgan fingerprint density at radius 2 is 2.26 bits per heavy atom. The Bertz CT molecular complexity index is 684. The zero-order valence-corrected chi connectivity index (χ0v) is 12.9. The van der Waals surface area contributed by atoms with Crippen LogP contribution in [0.2, 0.25) is 0 Å². The fraction of sp³-hybridized carbons (Fsp3) is 0.412. The lowest BCUT2D eigenvalue weighted by molar-refractivity contribution is 0.199. The summed E-state index contributed by atoms with van der Waals surface area (Å²) in [5.41, 5.74) is 6.91. The maximum absolute atomic E-state index is 8.83. The van der Waals surface area contributed by atoms with Crippen molar-refractivity contribution in [3.8, 4) is 6.07 Å². The summed E-state index contributed by atoms with van der Waals surface area (Å²) in [5, 5.41) is 18.0. The van der Waals surface area contributed by atoms with E-state index < -0.39 is 0 Å². The lowest BCUT2D eigenvalue weighted by Gasteiger charge is -2.30. The molecule has 0 unspecified atom stereocenters. The fourth-order valence-corrected chi connectivity index (χ4v) is 3.62. The number of pyridine rings is 1. The molecular formula is C17H20N6. The fourth-order valence-electron chi connectivity index (χ4n) is 3.62. The third-order valence-electron chi connectivity index (χ3n) is 4.79. The molecule has 3 N–H and O–H groups in total. The zero-order valence-electron chi connectivity index (χ0n) is 12.9. The molecule has 1 saturated carbocycles. The van der Waals surface area contributed by atoms with Gasteiger partial charge >= 0.3 is 0 Å². The van der Waals surface area contributed by atoms with Gasteiger partial charge in [-0.05, 0) is 49.2 Å². The minimum Gasteiger partial charge on any atom is -0.385 e. The number of hydrazine groups is 1. The maximum atomic E-state index is 8.83. The van der Waals surface area contributed by atoms with Gasteiger partial charge in [0, 0.05) is 24.8 Å². The van der Waals surface area contributed by atoms with Crippen LogP contribution >= 0.6 is 0 Å². The molecule has 3 aliphatic rings. The van der Waals surface area contributed by atoms with Gasteiger partial charge in [-0.3, -0.25) is 0 Å². The van der Waals surface area contributed by atoms with Gasteiger partial charge < -0.3 is 15.6 Å². The molecule has 0 radical (unpaired) electrons. The van der Waals surface area contributed by atoms with Crippen molar-refractivity contribution in [1.29, 1.82) is 5.26 Å². The number of nitriles is 1. The second kappa shape index (κ2) is 5.94. The van der Waals surface area contributed by atoms with Crippen molar-refractivity contribution >= 4 is 5.82 Å². The highest BCUT2D eigenvalue weighted by molar-refractivity contribution is 5.40. The van der Waals surface area contributed by atoms with Crippen molar-refractivity contribution in [1.82, 2.24) is 20.7 Å². The van der Waals surface area contributed by atoms with Crippen LogP contribution in [0.3, 0.4) is 0 Å². The predicted octanol–water partition coefficient (Wildman–Crippen LogP) is 1.48. The minimum absolute atomic E-state index is 0.430. The second-order valence-electron chi connectivity index (χ2n) is 6.24. The third kappa shape index (κ3) is 2.76. The number of aromatic nitrogens is 1. The average molecular weight is 308 g/mol. The van der Waals surface area contributed by atoms with E-state index in [1.165, 1.54) is 17.7 Å². The summed E-state index contributed by atoms with van der Waals surface area (Å²) in [4.78, 5) is 4.31. The molecule has 0 amide bonds. The number of nitrogens with one attached hydrogen (secondary N) is 3. The summed E-state index contributed by atoms with van der Waals surface area (Å²) < 4.78 is 0. The van der Waals surface area contributed by atoms with Gasteiger partial charge in [-0.1, -0.05) is 0 Å². The average Bonchev–Trinajstić information content (AvgIpc) is 3.22. The van der Waals surface area contributed by atoms with Gasteiger partial charge in [-0.2, -0.15) is 5.26 Å². The van der Waals surface area contributed by atoms with Gasteiger partial charge in [-0.25, -0.2) is 10.4 Å². The molecule has 23 heavy (non-hydrogen) atoms. The van der Waals surface area contributed by atoms with Crippen molar-refractivity contribution in [3.63, 3.8) is 0 Å². The van der Waals surface area contributed by atoms with E-state index in [0.29, 0.717) is 17.6 Å². The van der Waals surface area contributed by atoms with Crippen LogP contribution in [-0.2, 0) is 0 Å². The minimum atomic E-state index is 0.430. The van der Waals surface area contributed by atoms with E-state index >= 15 is 0 Å². The Labute approximate surface area is 135 Å². The highest BCUT2D eigenvalue weighted by Crippen LogP contribution is 2.31. The van der Waals surface area contributed by atoms with Gasteiger partial charge in [0.25, 0.3) is 0 Å². The Hall–Kier alpha value is -2.52. The first kappa shape index (κ1) is 14.1. The molecule has 3 heterocycles. The monoisotopic (exact) mass is 308 g/mol. The quantitative estimate of drug-likeness (QED) is 0.785. The van der Waals surface area contributed by atoms with Crippen molar-refractivity contribution in [2.75, 3.05) is 18.4 Å². The van der Waals surface area contributed by atoms with Crippen LogP contribution in [0.5, 0.6) is 0 Å². The second-order valence-corrected chi connectivity index (χ2v) is 6.24. The molecule has 1 aromatic rings.